The topological polar surface area (TPSA) is 108 Å². The summed E-state index contributed by atoms with van der Waals surface area (Å²) in [7, 11) is 0. The van der Waals surface area contributed by atoms with Crippen molar-refractivity contribution in [2.75, 3.05) is 23.7 Å². The van der Waals surface area contributed by atoms with Crippen LogP contribution in [0.15, 0.2) is 34.9 Å². The van der Waals surface area contributed by atoms with E-state index in [1.807, 2.05) is 12.1 Å². The van der Waals surface area contributed by atoms with Crippen molar-refractivity contribution < 1.29 is 14.1 Å². The van der Waals surface area contributed by atoms with Crippen molar-refractivity contribution in [2.45, 2.75) is 32.7 Å². The largest absolute Gasteiger partial charge is 0.359 e. The second-order valence-electron chi connectivity index (χ2n) is 7.66. The number of hydrogen-bond donors (Lipinski definition) is 4. The number of hydrogen-bond acceptors (Lipinski definition) is 6. The molecule has 0 aliphatic carbocycles. The molecule has 1 aromatic carbocycles. The van der Waals surface area contributed by atoms with E-state index < -0.39 is 6.03 Å². The fraction of sp³-hybridized carbons (Fsp3) is 0.318. The summed E-state index contributed by atoms with van der Waals surface area (Å²) >= 11 is 7.33. The highest BCUT2D eigenvalue weighted by atomic mass is 35.5. The van der Waals surface area contributed by atoms with Gasteiger partial charge in [0, 0.05) is 22.5 Å². The first-order valence-corrected chi connectivity index (χ1v) is 11.5. The highest BCUT2D eigenvalue weighted by Gasteiger charge is 2.23. The predicted octanol–water partition coefficient (Wildman–Crippen LogP) is 4.80. The summed E-state index contributed by atoms with van der Waals surface area (Å²) < 4.78 is 5.09. The second-order valence-corrected chi connectivity index (χ2v) is 9.14. The van der Waals surface area contributed by atoms with Crippen LogP contribution in [-0.2, 0) is 0 Å². The quantitative estimate of drug-likeness (QED) is 0.425. The minimum absolute atomic E-state index is 0.0568. The molecule has 3 heterocycles. The lowest BCUT2D eigenvalue weighted by Crippen LogP contribution is -2.45. The van der Waals surface area contributed by atoms with Gasteiger partial charge in [0.1, 0.15) is 16.3 Å². The average Bonchev–Trinajstić information content (AvgIpc) is 3.33. The number of aromatic nitrogens is 1. The number of halogens is 1. The predicted molar refractivity (Wildman–Crippen MR) is 127 cm³/mol. The third kappa shape index (κ3) is 5.12. The third-order valence-corrected chi connectivity index (χ3v) is 6.65. The van der Waals surface area contributed by atoms with Crippen LogP contribution in [0.4, 0.5) is 16.2 Å². The summed E-state index contributed by atoms with van der Waals surface area (Å²) in [6.07, 6.45) is 1.93. The van der Waals surface area contributed by atoms with Gasteiger partial charge in [-0.15, -0.1) is 11.3 Å². The molecule has 3 amide bonds. The number of urea groups is 1. The summed E-state index contributed by atoms with van der Waals surface area (Å²) in [6, 6.07) is 8.73. The molecule has 8 nitrogen and oxygen atoms in total. The highest BCUT2D eigenvalue weighted by molar-refractivity contribution is 7.18. The Morgan fingerprint density at radius 2 is 2.00 bits per heavy atom. The number of rotatable bonds is 5. The molecule has 1 aliphatic rings. The minimum Gasteiger partial charge on any atom is -0.359 e. The van der Waals surface area contributed by atoms with Crippen LogP contribution in [-0.4, -0.2) is 36.2 Å². The summed E-state index contributed by atoms with van der Waals surface area (Å²) in [6.45, 7) is 5.15. The summed E-state index contributed by atoms with van der Waals surface area (Å²) in [4.78, 5) is 27.1. The van der Waals surface area contributed by atoms with Crippen molar-refractivity contribution in [3.05, 3.63) is 51.7 Å². The lowest BCUT2D eigenvalue weighted by molar-refractivity contribution is 0.0935. The number of thiophene rings is 1. The third-order valence-electron chi connectivity index (χ3n) is 5.22. The van der Waals surface area contributed by atoms with E-state index in [1.165, 1.54) is 11.3 Å². The number of amides is 3. The fourth-order valence-corrected chi connectivity index (χ4v) is 4.71. The summed E-state index contributed by atoms with van der Waals surface area (Å²) in [5.41, 5.74) is 2.43. The van der Waals surface area contributed by atoms with Gasteiger partial charge < -0.3 is 25.8 Å². The van der Waals surface area contributed by atoms with Crippen molar-refractivity contribution in [3.63, 3.8) is 0 Å². The first kappa shape index (κ1) is 22.3. The van der Waals surface area contributed by atoms with E-state index in [9.17, 15) is 9.59 Å². The van der Waals surface area contributed by atoms with Crippen molar-refractivity contribution in [1.29, 1.82) is 0 Å². The Morgan fingerprint density at radius 1 is 1.22 bits per heavy atom. The van der Waals surface area contributed by atoms with Crippen LogP contribution in [0.1, 0.15) is 34.0 Å². The Balaban J connectivity index is 1.58. The van der Waals surface area contributed by atoms with Crippen LogP contribution in [0.25, 0.3) is 10.4 Å². The van der Waals surface area contributed by atoms with Gasteiger partial charge in [-0.25, -0.2) is 4.79 Å². The number of anilines is 2. The van der Waals surface area contributed by atoms with Crippen LogP contribution >= 0.6 is 22.9 Å². The molecule has 1 fully saturated rings. The smallest absolute Gasteiger partial charge is 0.323 e. The van der Waals surface area contributed by atoms with E-state index >= 15 is 0 Å². The maximum atomic E-state index is 13.1. The molecule has 1 atom stereocenters. The molecular weight excluding hydrogens is 450 g/mol. The van der Waals surface area contributed by atoms with Crippen LogP contribution in [0, 0.1) is 13.8 Å². The Morgan fingerprint density at radius 3 is 2.66 bits per heavy atom. The molecule has 4 rings (SSSR count). The zero-order valence-corrected chi connectivity index (χ0v) is 19.3. The molecule has 0 saturated carbocycles. The van der Waals surface area contributed by atoms with Crippen molar-refractivity contribution in [1.82, 2.24) is 15.8 Å². The first-order chi connectivity index (χ1) is 15.4. The number of nitrogens with one attached hydrogen (secondary N) is 4. The fourth-order valence-electron chi connectivity index (χ4n) is 3.56. The van der Waals surface area contributed by atoms with E-state index in [-0.39, 0.29) is 11.9 Å². The average molecular weight is 474 g/mol. The molecule has 0 spiro atoms. The number of nitrogens with zero attached hydrogens (tertiary/aromatic N) is 1. The molecule has 168 valence electrons. The molecule has 4 N–H and O–H groups in total. The van der Waals surface area contributed by atoms with Gasteiger partial charge in [0.25, 0.3) is 5.91 Å². The van der Waals surface area contributed by atoms with E-state index in [2.05, 4.69) is 26.4 Å². The monoisotopic (exact) mass is 473 g/mol. The SMILES string of the molecule is Cc1noc(C)c1NC(=O)Nc1cc(-c2ccc(Cl)cc2)sc1C(=O)N[C@H]1CCCNC1. The van der Waals surface area contributed by atoms with Crippen molar-refractivity contribution in [2.24, 2.45) is 0 Å². The molecule has 0 bridgehead atoms. The van der Waals surface area contributed by atoms with Gasteiger partial charge in [0.2, 0.25) is 0 Å². The standard InChI is InChI=1S/C22H24ClN5O3S/c1-12-19(13(2)31-28-12)27-22(30)26-17-10-18(14-5-7-15(23)8-6-14)32-20(17)21(29)25-16-4-3-9-24-11-16/h5-8,10,16,24H,3-4,9,11H2,1-2H3,(H,25,29)(H2,26,27,30)/t16-/m0/s1. The lowest BCUT2D eigenvalue weighted by Gasteiger charge is -2.23. The Labute approximate surface area is 194 Å². The molecule has 32 heavy (non-hydrogen) atoms. The summed E-state index contributed by atoms with van der Waals surface area (Å²) in [5.74, 6) is 0.295. The van der Waals surface area contributed by atoms with E-state index in [0.29, 0.717) is 32.7 Å². The summed E-state index contributed by atoms with van der Waals surface area (Å²) in [5, 5.41) is 16.4. The number of piperidine rings is 1. The van der Waals surface area contributed by atoms with E-state index in [0.717, 1.165) is 36.4 Å². The Kier molecular flexibility index (Phi) is 6.78. The molecule has 1 aliphatic heterocycles. The van der Waals surface area contributed by atoms with Gasteiger partial charge in [-0.2, -0.15) is 0 Å². The van der Waals surface area contributed by atoms with Gasteiger partial charge in [0.05, 0.1) is 5.69 Å². The first-order valence-electron chi connectivity index (χ1n) is 10.3. The molecule has 3 aromatic rings. The number of carbonyl (C=O) groups excluding carboxylic acids is 2. The maximum Gasteiger partial charge on any atom is 0.323 e. The normalized spacial score (nSPS) is 15.9. The van der Waals surface area contributed by atoms with Crippen LogP contribution in [0.3, 0.4) is 0 Å². The van der Waals surface area contributed by atoms with E-state index in [4.69, 9.17) is 16.1 Å². The highest BCUT2D eigenvalue weighted by Crippen LogP contribution is 2.35. The van der Waals surface area contributed by atoms with Gasteiger partial charge in [-0.1, -0.05) is 28.9 Å². The number of benzene rings is 1. The van der Waals surface area contributed by atoms with Crippen LogP contribution in [0.5, 0.6) is 0 Å². The molecular formula is C22H24ClN5O3S. The number of aryl methyl sites for hydroxylation is 2. The molecule has 1 saturated heterocycles. The molecule has 0 radical (unpaired) electrons. The van der Waals surface area contributed by atoms with E-state index in [1.54, 1.807) is 32.0 Å². The Bertz CT molecular complexity index is 1100. The van der Waals surface area contributed by atoms with Crippen LogP contribution < -0.4 is 21.3 Å². The lowest BCUT2D eigenvalue weighted by atomic mass is 10.1. The van der Waals surface area contributed by atoms with Crippen molar-refractivity contribution in [3.8, 4) is 10.4 Å². The zero-order chi connectivity index (χ0) is 22.7. The maximum absolute atomic E-state index is 13.1. The number of carbonyl (C=O) groups is 2. The van der Waals surface area contributed by atoms with Gasteiger partial charge in [0.15, 0.2) is 5.76 Å². The van der Waals surface area contributed by atoms with Gasteiger partial charge in [-0.05, 0) is 57.0 Å². The minimum atomic E-state index is -0.478. The molecule has 0 unspecified atom stereocenters. The molecule has 10 heteroatoms. The van der Waals surface area contributed by atoms with Crippen molar-refractivity contribution >= 4 is 46.3 Å². The molecule has 2 aromatic heterocycles. The Hall–Kier alpha value is -2.88. The van der Waals surface area contributed by atoms with Crippen LogP contribution in [0.2, 0.25) is 5.02 Å². The van der Waals surface area contributed by atoms with Gasteiger partial charge >= 0.3 is 6.03 Å². The second kappa shape index (κ2) is 9.72. The zero-order valence-electron chi connectivity index (χ0n) is 17.8. The van der Waals surface area contributed by atoms with Gasteiger partial charge in [-0.3, -0.25) is 4.79 Å².